The van der Waals surface area contributed by atoms with Crippen molar-refractivity contribution in [2.45, 2.75) is 0 Å². The number of hydrogen-bond acceptors (Lipinski definition) is 7. The molecule has 8 nitrogen and oxygen atoms in total. The van der Waals surface area contributed by atoms with Crippen LogP contribution in [0.2, 0.25) is 0 Å². The lowest BCUT2D eigenvalue weighted by Crippen LogP contribution is -2.15. The summed E-state index contributed by atoms with van der Waals surface area (Å²) in [5.74, 6) is -0.269. The van der Waals surface area contributed by atoms with E-state index in [-0.39, 0.29) is 11.6 Å². The minimum Gasteiger partial charge on any atom is -0.465 e. The number of nitrogens with one attached hydrogen (secondary N) is 2. The van der Waals surface area contributed by atoms with Crippen LogP contribution in [0.25, 0.3) is 0 Å². The minimum absolute atomic E-state index is 0.202. The molecular formula is C21H21N5O3. The van der Waals surface area contributed by atoms with E-state index in [9.17, 15) is 9.59 Å². The number of rotatable bonds is 6. The number of nitrogens with zero attached hydrogens (tertiary/aromatic N) is 3. The number of aromatic nitrogens is 2. The van der Waals surface area contributed by atoms with Crippen LogP contribution in [0, 0.1) is 0 Å². The normalized spacial score (nSPS) is 10.2. The van der Waals surface area contributed by atoms with Gasteiger partial charge in [-0.05, 0) is 60.7 Å². The van der Waals surface area contributed by atoms with Crippen LogP contribution in [0.1, 0.15) is 20.8 Å². The van der Waals surface area contributed by atoms with Crippen molar-refractivity contribution in [1.29, 1.82) is 0 Å². The maximum atomic E-state index is 12.3. The number of esters is 1. The Morgan fingerprint density at radius 1 is 0.862 bits per heavy atom. The summed E-state index contributed by atoms with van der Waals surface area (Å²) in [5.41, 5.74) is 3.10. The highest BCUT2D eigenvalue weighted by Crippen LogP contribution is 2.17. The maximum Gasteiger partial charge on any atom is 0.337 e. The number of benzene rings is 2. The molecule has 0 saturated heterocycles. The van der Waals surface area contributed by atoms with E-state index in [0.29, 0.717) is 17.1 Å². The Labute approximate surface area is 168 Å². The van der Waals surface area contributed by atoms with Crippen LogP contribution in [-0.4, -0.2) is 43.3 Å². The fourth-order valence-electron chi connectivity index (χ4n) is 2.51. The van der Waals surface area contributed by atoms with E-state index in [2.05, 4.69) is 25.6 Å². The molecule has 0 unspecified atom stereocenters. The fourth-order valence-corrected chi connectivity index (χ4v) is 2.51. The zero-order chi connectivity index (χ0) is 20.8. The van der Waals surface area contributed by atoms with Gasteiger partial charge in [0.25, 0.3) is 5.91 Å². The van der Waals surface area contributed by atoms with Crippen molar-refractivity contribution in [3.05, 3.63) is 71.9 Å². The molecule has 0 aliphatic carbocycles. The van der Waals surface area contributed by atoms with Crippen molar-refractivity contribution in [2.24, 2.45) is 0 Å². The van der Waals surface area contributed by atoms with Crippen LogP contribution in [-0.2, 0) is 4.74 Å². The molecule has 0 fully saturated rings. The molecule has 0 aliphatic rings. The average molecular weight is 391 g/mol. The molecule has 2 aromatic carbocycles. The van der Waals surface area contributed by atoms with Crippen molar-refractivity contribution in [3.8, 4) is 0 Å². The van der Waals surface area contributed by atoms with Crippen LogP contribution in [0.4, 0.5) is 22.9 Å². The van der Waals surface area contributed by atoms with E-state index in [4.69, 9.17) is 0 Å². The quantitative estimate of drug-likeness (QED) is 0.622. The number of carbonyl (C=O) groups excluding carboxylic acids is 2. The largest absolute Gasteiger partial charge is 0.465 e. The number of amides is 1. The smallest absolute Gasteiger partial charge is 0.337 e. The molecular weight excluding hydrogens is 370 g/mol. The lowest BCUT2D eigenvalue weighted by Gasteiger charge is -2.13. The molecule has 1 amide bonds. The van der Waals surface area contributed by atoms with Gasteiger partial charge in [-0.3, -0.25) is 4.79 Å². The Morgan fingerprint density at radius 2 is 1.52 bits per heavy atom. The van der Waals surface area contributed by atoms with E-state index in [1.807, 2.05) is 43.3 Å². The van der Waals surface area contributed by atoms with Crippen LogP contribution in [0.15, 0.2) is 60.7 Å². The molecule has 148 valence electrons. The van der Waals surface area contributed by atoms with Crippen molar-refractivity contribution >= 4 is 34.8 Å². The summed E-state index contributed by atoms with van der Waals surface area (Å²) in [6, 6.07) is 17.5. The van der Waals surface area contributed by atoms with Crippen molar-refractivity contribution in [2.75, 3.05) is 36.7 Å². The Hall–Kier alpha value is -3.94. The summed E-state index contributed by atoms with van der Waals surface area (Å²) in [5, 5.41) is 13.8. The van der Waals surface area contributed by atoms with Gasteiger partial charge in [-0.2, -0.15) is 0 Å². The Balaban J connectivity index is 1.61. The highest BCUT2D eigenvalue weighted by Gasteiger charge is 2.10. The first kappa shape index (κ1) is 19.8. The third-order valence-corrected chi connectivity index (χ3v) is 4.12. The number of anilines is 4. The molecule has 0 aliphatic heterocycles. The lowest BCUT2D eigenvalue weighted by atomic mass is 10.2. The van der Waals surface area contributed by atoms with Gasteiger partial charge in [-0.25, -0.2) is 4.79 Å². The maximum absolute atomic E-state index is 12.3. The zero-order valence-electron chi connectivity index (χ0n) is 16.3. The van der Waals surface area contributed by atoms with Crippen LogP contribution >= 0.6 is 0 Å². The van der Waals surface area contributed by atoms with Crippen molar-refractivity contribution < 1.29 is 14.3 Å². The average Bonchev–Trinajstić information content (AvgIpc) is 2.74. The van der Waals surface area contributed by atoms with Gasteiger partial charge in [0, 0.05) is 31.2 Å². The molecule has 1 aromatic heterocycles. The van der Waals surface area contributed by atoms with Crippen LogP contribution in [0.5, 0.6) is 0 Å². The van der Waals surface area contributed by atoms with Gasteiger partial charge in [0.1, 0.15) is 0 Å². The SMILES string of the molecule is COC(=O)c1ccc(Nc2ccc(C(=O)Nc3ccc(N(C)C)cc3)nn2)cc1. The predicted molar refractivity (Wildman–Crippen MR) is 112 cm³/mol. The lowest BCUT2D eigenvalue weighted by molar-refractivity contribution is 0.0600. The molecule has 3 rings (SSSR count). The Bertz CT molecular complexity index is 984. The molecule has 2 N–H and O–H groups in total. The molecule has 0 radical (unpaired) electrons. The van der Waals surface area contributed by atoms with Gasteiger partial charge < -0.3 is 20.3 Å². The second-order valence-electron chi connectivity index (χ2n) is 6.39. The second kappa shape index (κ2) is 8.83. The standard InChI is InChI=1S/C21H21N5O3/c1-26(2)17-10-8-16(9-11-17)23-20(27)18-12-13-19(25-24-18)22-15-6-4-14(5-7-15)21(28)29-3/h4-13H,1-3H3,(H,22,25)(H,23,27). The van der Waals surface area contributed by atoms with E-state index < -0.39 is 5.97 Å². The van der Waals surface area contributed by atoms with Crippen molar-refractivity contribution in [3.63, 3.8) is 0 Å². The summed E-state index contributed by atoms with van der Waals surface area (Å²) < 4.78 is 4.67. The molecule has 0 bridgehead atoms. The zero-order valence-corrected chi connectivity index (χ0v) is 16.3. The van der Waals surface area contributed by atoms with Gasteiger partial charge in [0.05, 0.1) is 12.7 Å². The molecule has 0 atom stereocenters. The molecule has 8 heteroatoms. The van der Waals surface area contributed by atoms with Gasteiger partial charge in [0.15, 0.2) is 11.5 Å². The molecule has 0 saturated carbocycles. The van der Waals surface area contributed by atoms with Gasteiger partial charge in [-0.15, -0.1) is 10.2 Å². The van der Waals surface area contributed by atoms with E-state index in [1.54, 1.807) is 36.4 Å². The van der Waals surface area contributed by atoms with Gasteiger partial charge >= 0.3 is 5.97 Å². The molecule has 3 aromatic rings. The predicted octanol–water partition coefficient (Wildman–Crippen LogP) is 3.33. The molecule has 0 spiro atoms. The van der Waals surface area contributed by atoms with Crippen LogP contribution < -0.4 is 15.5 Å². The minimum atomic E-state index is -0.400. The van der Waals surface area contributed by atoms with E-state index >= 15 is 0 Å². The van der Waals surface area contributed by atoms with Gasteiger partial charge in [-0.1, -0.05) is 0 Å². The monoisotopic (exact) mass is 391 g/mol. The number of carbonyl (C=O) groups is 2. The Morgan fingerprint density at radius 3 is 2.07 bits per heavy atom. The summed E-state index contributed by atoms with van der Waals surface area (Å²) in [6.07, 6.45) is 0. The summed E-state index contributed by atoms with van der Waals surface area (Å²) in [7, 11) is 5.24. The number of ether oxygens (including phenoxy) is 1. The van der Waals surface area contributed by atoms with E-state index in [0.717, 1.165) is 11.4 Å². The molecule has 1 heterocycles. The summed E-state index contributed by atoms with van der Waals surface area (Å²) in [6.45, 7) is 0. The molecule has 29 heavy (non-hydrogen) atoms. The summed E-state index contributed by atoms with van der Waals surface area (Å²) in [4.78, 5) is 25.8. The second-order valence-corrected chi connectivity index (χ2v) is 6.39. The van der Waals surface area contributed by atoms with Gasteiger partial charge in [0.2, 0.25) is 0 Å². The third kappa shape index (κ3) is 5.07. The van der Waals surface area contributed by atoms with Crippen LogP contribution in [0.3, 0.4) is 0 Å². The first-order chi connectivity index (χ1) is 14.0. The number of hydrogen-bond donors (Lipinski definition) is 2. The van der Waals surface area contributed by atoms with Crippen molar-refractivity contribution in [1.82, 2.24) is 10.2 Å². The first-order valence-electron chi connectivity index (χ1n) is 8.84. The van der Waals surface area contributed by atoms with E-state index in [1.165, 1.54) is 7.11 Å². The summed E-state index contributed by atoms with van der Waals surface area (Å²) >= 11 is 0. The number of methoxy groups -OCH3 is 1. The highest BCUT2D eigenvalue weighted by molar-refractivity contribution is 6.02. The fraction of sp³-hybridized carbons (Fsp3) is 0.143. The topological polar surface area (TPSA) is 96.4 Å². The Kier molecular flexibility index (Phi) is 6.03. The first-order valence-corrected chi connectivity index (χ1v) is 8.84. The third-order valence-electron chi connectivity index (χ3n) is 4.12. The highest BCUT2D eigenvalue weighted by atomic mass is 16.5.